The fourth-order valence-corrected chi connectivity index (χ4v) is 3.83. The lowest BCUT2D eigenvalue weighted by Gasteiger charge is -2.12. The van der Waals surface area contributed by atoms with Gasteiger partial charge in [0.15, 0.2) is 0 Å². The molecule has 0 spiro atoms. The zero-order valence-electron chi connectivity index (χ0n) is 10.2. The van der Waals surface area contributed by atoms with E-state index in [1.807, 2.05) is 11.8 Å². The number of fused-ring (bicyclic) bond motifs is 1. The van der Waals surface area contributed by atoms with Gasteiger partial charge in [0.05, 0.1) is 5.69 Å². The lowest BCUT2D eigenvalue weighted by atomic mass is 10.1. The first-order valence-electron chi connectivity index (χ1n) is 6.16. The Morgan fingerprint density at radius 1 is 1.26 bits per heavy atom. The van der Waals surface area contributed by atoms with E-state index in [2.05, 4.69) is 45.5 Å². The van der Waals surface area contributed by atoms with Crippen molar-refractivity contribution in [3.8, 4) is 0 Å². The van der Waals surface area contributed by atoms with Gasteiger partial charge in [-0.25, -0.2) is 4.39 Å². The maximum absolute atomic E-state index is 13.6. The number of rotatable bonds is 3. The average Bonchev–Trinajstić information content (AvgIpc) is 2.82. The van der Waals surface area contributed by atoms with Crippen LogP contribution in [0.5, 0.6) is 0 Å². The molecule has 2 aromatic carbocycles. The molecule has 3 rings (SSSR count). The Kier molecular flexibility index (Phi) is 3.80. The highest BCUT2D eigenvalue weighted by molar-refractivity contribution is 9.10. The van der Waals surface area contributed by atoms with E-state index in [1.54, 1.807) is 12.1 Å². The Balaban J connectivity index is 1.64. The largest absolute Gasteiger partial charge is 0.382 e. The molecule has 1 N–H and O–H groups in total. The van der Waals surface area contributed by atoms with Crippen LogP contribution in [0.1, 0.15) is 5.56 Å². The zero-order chi connectivity index (χ0) is 13.2. The summed E-state index contributed by atoms with van der Waals surface area (Å²) in [6.07, 6.45) is 1.05. The van der Waals surface area contributed by atoms with Gasteiger partial charge in [-0.3, -0.25) is 0 Å². The molecule has 19 heavy (non-hydrogen) atoms. The molecule has 0 saturated heterocycles. The average molecular weight is 338 g/mol. The lowest BCUT2D eigenvalue weighted by Crippen LogP contribution is -2.16. The number of thioether (sulfide) groups is 1. The van der Waals surface area contributed by atoms with Crippen LogP contribution < -0.4 is 5.32 Å². The molecule has 0 bridgehead atoms. The summed E-state index contributed by atoms with van der Waals surface area (Å²) in [7, 11) is 0. The predicted molar refractivity (Wildman–Crippen MR) is 82.4 cm³/mol. The highest BCUT2D eigenvalue weighted by Crippen LogP contribution is 2.36. The summed E-state index contributed by atoms with van der Waals surface area (Å²) in [6.45, 7) is 0.771. The minimum atomic E-state index is -0.205. The molecule has 0 aromatic heterocycles. The van der Waals surface area contributed by atoms with Crippen molar-refractivity contribution in [2.45, 2.75) is 16.6 Å². The quantitative estimate of drug-likeness (QED) is 0.869. The molecule has 98 valence electrons. The molecule has 1 nitrogen and oxygen atoms in total. The van der Waals surface area contributed by atoms with Gasteiger partial charge in [0, 0.05) is 21.2 Å². The second-order valence-electron chi connectivity index (χ2n) is 4.56. The molecule has 0 fully saturated rings. The Morgan fingerprint density at radius 2 is 2.11 bits per heavy atom. The molecule has 1 atom stereocenters. The second-order valence-corrected chi connectivity index (χ2v) is 6.81. The van der Waals surface area contributed by atoms with Crippen LogP contribution in [0.15, 0.2) is 51.8 Å². The van der Waals surface area contributed by atoms with Gasteiger partial charge >= 0.3 is 0 Å². The number of hydrogen-bond acceptors (Lipinski definition) is 2. The zero-order valence-corrected chi connectivity index (χ0v) is 12.6. The summed E-state index contributed by atoms with van der Waals surface area (Å²) in [5.41, 5.74) is 1.96. The second kappa shape index (κ2) is 5.55. The summed E-state index contributed by atoms with van der Waals surface area (Å²) in [4.78, 5) is 1.35. The van der Waals surface area contributed by atoms with E-state index >= 15 is 0 Å². The molecular formula is C15H13BrFNS. The van der Waals surface area contributed by atoms with Crippen molar-refractivity contribution < 1.29 is 4.39 Å². The molecule has 1 heterocycles. The number of anilines is 1. The summed E-state index contributed by atoms with van der Waals surface area (Å²) in [5.74, 6) is -0.205. The van der Waals surface area contributed by atoms with Gasteiger partial charge in [-0.15, -0.1) is 11.8 Å². The van der Waals surface area contributed by atoms with Gasteiger partial charge in [0.1, 0.15) is 5.82 Å². The Labute approximate surface area is 124 Å². The van der Waals surface area contributed by atoms with Crippen LogP contribution in [0.25, 0.3) is 0 Å². The molecule has 0 radical (unpaired) electrons. The van der Waals surface area contributed by atoms with E-state index < -0.39 is 0 Å². The number of nitrogens with one attached hydrogen (secondary N) is 1. The summed E-state index contributed by atoms with van der Waals surface area (Å²) in [5, 5.41) is 3.67. The van der Waals surface area contributed by atoms with Crippen molar-refractivity contribution in [1.29, 1.82) is 0 Å². The first-order valence-corrected chi connectivity index (χ1v) is 7.83. The van der Waals surface area contributed by atoms with E-state index in [-0.39, 0.29) is 5.82 Å². The van der Waals surface area contributed by atoms with Crippen molar-refractivity contribution in [2.75, 3.05) is 11.9 Å². The van der Waals surface area contributed by atoms with E-state index in [0.29, 0.717) is 10.9 Å². The topological polar surface area (TPSA) is 12.0 Å². The number of halogens is 2. The third-order valence-corrected chi connectivity index (χ3v) is 4.97. The van der Waals surface area contributed by atoms with Crippen LogP contribution in [0.3, 0.4) is 0 Å². The smallest absolute Gasteiger partial charge is 0.146 e. The highest BCUT2D eigenvalue weighted by atomic mass is 79.9. The van der Waals surface area contributed by atoms with Crippen LogP contribution in [0.4, 0.5) is 10.1 Å². The predicted octanol–water partition coefficient (Wildman–Crippen LogP) is 4.72. The molecule has 0 saturated carbocycles. The van der Waals surface area contributed by atoms with Crippen LogP contribution >= 0.6 is 27.7 Å². The van der Waals surface area contributed by atoms with E-state index in [1.165, 1.54) is 16.5 Å². The van der Waals surface area contributed by atoms with Crippen LogP contribution in [0, 0.1) is 5.82 Å². The Morgan fingerprint density at radius 3 is 2.95 bits per heavy atom. The SMILES string of the molecule is Fc1ccc(Br)cc1NCC1Cc2ccccc2S1. The maximum atomic E-state index is 13.6. The third kappa shape index (κ3) is 2.95. The third-order valence-electron chi connectivity index (χ3n) is 3.16. The van der Waals surface area contributed by atoms with Crippen molar-refractivity contribution in [2.24, 2.45) is 0 Å². The van der Waals surface area contributed by atoms with Crippen LogP contribution in [0.2, 0.25) is 0 Å². The van der Waals surface area contributed by atoms with E-state index in [0.717, 1.165) is 17.4 Å². The monoisotopic (exact) mass is 337 g/mol. The molecule has 0 amide bonds. The van der Waals surface area contributed by atoms with Gasteiger partial charge in [-0.1, -0.05) is 34.1 Å². The minimum absolute atomic E-state index is 0.205. The van der Waals surface area contributed by atoms with Gasteiger partial charge in [0.25, 0.3) is 0 Å². The Bertz CT molecular complexity index is 577. The summed E-state index contributed by atoms with van der Waals surface area (Å²) in [6, 6.07) is 13.4. The van der Waals surface area contributed by atoms with Crippen LogP contribution in [-0.4, -0.2) is 11.8 Å². The molecule has 1 unspecified atom stereocenters. The van der Waals surface area contributed by atoms with Gasteiger partial charge in [-0.2, -0.15) is 0 Å². The minimum Gasteiger partial charge on any atom is -0.382 e. The van der Waals surface area contributed by atoms with Crippen molar-refractivity contribution in [1.82, 2.24) is 0 Å². The normalized spacial score (nSPS) is 17.3. The number of hydrogen-bond donors (Lipinski definition) is 1. The molecule has 1 aliphatic heterocycles. The van der Waals surface area contributed by atoms with Crippen molar-refractivity contribution in [3.63, 3.8) is 0 Å². The Hall–Kier alpha value is -1.00. The van der Waals surface area contributed by atoms with Crippen molar-refractivity contribution in [3.05, 3.63) is 58.3 Å². The first kappa shape index (κ1) is 13.0. The molecule has 4 heteroatoms. The van der Waals surface area contributed by atoms with Gasteiger partial charge in [0.2, 0.25) is 0 Å². The lowest BCUT2D eigenvalue weighted by molar-refractivity contribution is 0.629. The van der Waals surface area contributed by atoms with Crippen LogP contribution in [-0.2, 0) is 6.42 Å². The highest BCUT2D eigenvalue weighted by Gasteiger charge is 2.21. The van der Waals surface area contributed by atoms with Gasteiger partial charge in [-0.05, 0) is 36.2 Å². The van der Waals surface area contributed by atoms with E-state index in [9.17, 15) is 4.39 Å². The molecule has 1 aliphatic rings. The standard InChI is InChI=1S/C15H13BrFNS/c16-11-5-6-13(17)14(8-11)18-9-12-7-10-3-1-2-4-15(10)19-12/h1-6,8,12,18H,7,9H2. The summed E-state index contributed by atoms with van der Waals surface area (Å²) >= 11 is 5.23. The van der Waals surface area contributed by atoms with E-state index in [4.69, 9.17) is 0 Å². The first-order chi connectivity index (χ1) is 9.22. The molecular weight excluding hydrogens is 325 g/mol. The van der Waals surface area contributed by atoms with Gasteiger partial charge < -0.3 is 5.32 Å². The van der Waals surface area contributed by atoms with Crippen molar-refractivity contribution >= 4 is 33.4 Å². The fraction of sp³-hybridized carbons (Fsp3) is 0.200. The molecule has 2 aromatic rings. The fourth-order valence-electron chi connectivity index (χ4n) is 2.22. The number of benzene rings is 2. The summed E-state index contributed by atoms with van der Waals surface area (Å²) < 4.78 is 14.5. The maximum Gasteiger partial charge on any atom is 0.146 e. The molecule has 0 aliphatic carbocycles.